The molecule has 1 aliphatic rings. The van der Waals surface area contributed by atoms with Crippen LogP contribution in [0.5, 0.6) is 17.4 Å². The van der Waals surface area contributed by atoms with E-state index in [1.54, 1.807) is 12.1 Å². The predicted octanol–water partition coefficient (Wildman–Crippen LogP) is 6.67. The molecule has 1 aromatic heterocycles. The van der Waals surface area contributed by atoms with Crippen molar-refractivity contribution in [1.82, 2.24) is 14.9 Å². The Hall–Kier alpha value is -4.91. The normalized spacial score (nSPS) is 13.8. The third-order valence-corrected chi connectivity index (χ3v) is 7.02. The summed E-state index contributed by atoms with van der Waals surface area (Å²) >= 11 is 0. The minimum atomic E-state index is -4.91. The molecule has 1 saturated heterocycles. The molecule has 0 aliphatic carbocycles. The lowest BCUT2D eigenvalue weighted by atomic mass is 10.1. The van der Waals surface area contributed by atoms with Gasteiger partial charge in [0.05, 0.1) is 5.69 Å². The maximum atomic E-state index is 15.1. The molecule has 44 heavy (non-hydrogen) atoms. The van der Waals surface area contributed by atoms with Gasteiger partial charge < -0.3 is 29.9 Å². The second kappa shape index (κ2) is 12.8. The predicted molar refractivity (Wildman–Crippen MR) is 158 cm³/mol. The van der Waals surface area contributed by atoms with E-state index in [1.807, 2.05) is 44.0 Å². The lowest BCUT2D eigenvalue weighted by Crippen LogP contribution is -2.44. The number of rotatable bonds is 8. The van der Waals surface area contributed by atoms with Gasteiger partial charge in [0.15, 0.2) is 0 Å². The van der Waals surface area contributed by atoms with Gasteiger partial charge in [0.25, 0.3) is 5.91 Å². The molecule has 4 aromatic rings. The van der Waals surface area contributed by atoms with Crippen LogP contribution in [0.15, 0.2) is 66.9 Å². The van der Waals surface area contributed by atoms with Crippen molar-refractivity contribution in [1.29, 1.82) is 0 Å². The van der Waals surface area contributed by atoms with E-state index in [4.69, 9.17) is 4.74 Å². The molecular weight excluding hydrogens is 580 g/mol. The Morgan fingerprint density at radius 3 is 2.30 bits per heavy atom. The zero-order valence-corrected chi connectivity index (χ0v) is 24.2. The van der Waals surface area contributed by atoms with Crippen molar-refractivity contribution < 1.29 is 31.8 Å². The first kappa shape index (κ1) is 30.5. The lowest BCUT2D eigenvalue weighted by molar-refractivity contribution is -0.274. The summed E-state index contributed by atoms with van der Waals surface area (Å²) in [6.45, 7) is 6.72. The fourth-order valence-electron chi connectivity index (χ4n) is 4.72. The highest BCUT2D eigenvalue weighted by Crippen LogP contribution is 2.32. The number of alkyl halides is 3. The van der Waals surface area contributed by atoms with E-state index in [9.17, 15) is 18.0 Å². The third kappa shape index (κ3) is 7.53. The summed E-state index contributed by atoms with van der Waals surface area (Å²) in [7, 11) is 2.02. The molecule has 0 atom stereocenters. The molecule has 9 nitrogen and oxygen atoms in total. The van der Waals surface area contributed by atoms with E-state index in [1.165, 1.54) is 24.4 Å². The van der Waals surface area contributed by atoms with Crippen molar-refractivity contribution in [2.24, 2.45) is 0 Å². The van der Waals surface area contributed by atoms with Crippen LogP contribution in [-0.2, 0) is 0 Å². The van der Waals surface area contributed by atoms with Crippen molar-refractivity contribution in [3.63, 3.8) is 0 Å². The van der Waals surface area contributed by atoms with Gasteiger partial charge in [-0.1, -0.05) is 24.3 Å². The maximum absolute atomic E-state index is 15.1. The molecular formula is C31H30F4N6O3. The minimum Gasteiger partial charge on any atom is -0.438 e. The van der Waals surface area contributed by atoms with Crippen molar-refractivity contribution in [2.75, 3.05) is 48.8 Å². The Balaban J connectivity index is 1.43. The van der Waals surface area contributed by atoms with E-state index in [2.05, 4.69) is 30.2 Å². The Labute approximate surface area is 251 Å². The van der Waals surface area contributed by atoms with Gasteiger partial charge in [0.2, 0.25) is 11.8 Å². The number of benzene rings is 3. The average Bonchev–Trinajstić information content (AvgIpc) is 2.95. The number of amides is 1. The second-order valence-electron chi connectivity index (χ2n) is 10.3. The number of anilines is 4. The molecule has 0 unspecified atom stereocenters. The van der Waals surface area contributed by atoms with Crippen LogP contribution in [0.1, 0.15) is 21.5 Å². The van der Waals surface area contributed by atoms with Gasteiger partial charge in [-0.2, -0.15) is 4.98 Å². The molecule has 0 saturated carbocycles. The van der Waals surface area contributed by atoms with Crippen LogP contribution >= 0.6 is 0 Å². The number of carbonyl (C=O) groups is 1. The topological polar surface area (TPSA) is 91.9 Å². The zero-order chi connectivity index (χ0) is 31.4. The molecule has 2 heterocycles. The van der Waals surface area contributed by atoms with E-state index in [-0.39, 0.29) is 23.1 Å². The van der Waals surface area contributed by atoms with Crippen molar-refractivity contribution >= 4 is 28.9 Å². The van der Waals surface area contributed by atoms with Gasteiger partial charge in [-0.3, -0.25) is 4.79 Å². The van der Waals surface area contributed by atoms with Crippen molar-refractivity contribution in [3.8, 4) is 17.4 Å². The van der Waals surface area contributed by atoms with E-state index >= 15 is 4.39 Å². The summed E-state index contributed by atoms with van der Waals surface area (Å²) in [5.74, 6) is -1.89. The van der Waals surface area contributed by atoms with Gasteiger partial charge in [-0.25, -0.2) is 9.37 Å². The maximum Gasteiger partial charge on any atom is 0.573 e. The van der Waals surface area contributed by atoms with Crippen LogP contribution in [0.25, 0.3) is 0 Å². The number of aromatic nitrogens is 2. The largest absolute Gasteiger partial charge is 0.573 e. The van der Waals surface area contributed by atoms with Gasteiger partial charge in [0.1, 0.15) is 22.9 Å². The lowest BCUT2D eigenvalue weighted by Gasteiger charge is -2.34. The highest BCUT2D eigenvalue weighted by atomic mass is 19.4. The van der Waals surface area contributed by atoms with E-state index < -0.39 is 23.8 Å². The van der Waals surface area contributed by atoms with E-state index in [0.717, 1.165) is 36.3 Å². The number of aryl methyl sites for hydroxylation is 2. The molecule has 3 aromatic carbocycles. The highest BCUT2D eigenvalue weighted by Gasteiger charge is 2.31. The number of nitrogens with one attached hydrogen (secondary N) is 2. The summed E-state index contributed by atoms with van der Waals surface area (Å²) in [5.41, 5.74) is 2.96. The van der Waals surface area contributed by atoms with Crippen LogP contribution in [0.4, 0.5) is 40.6 Å². The number of nitrogens with zero attached hydrogens (tertiary/aromatic N) is 4. The summed E-state index contributed by atoms with van der Waals surface area (Å²) < 4.78 is 63.3. The summed E-state index contributed by atoms with van der Waals surface area (Å²) in [6.07, 6.45) is -3.69. The highest BCUT2D eigenvalue weighted by molar-refractivity contribution is 6.06. The summed E-state index contributed by atoms with van der Waals surface area (Å²) in [6, 6.07) is 15.0. The number of piperazine rings is 1. The quantitative estimate of drug-likeness (QED) is 0.214. The summed E-state index contributed by atoms with van der Waals surface area (Å²) in [5, 5.41) is 5.74. The number of likely N-dealkylation sites (N-methyl/N-ethyl adjacent to an activating group) is 1. The van der Waals surface area contributed by atoms with Gasteiger partial charge in [-0.05, 0) is 62.4 Å². The molecule has 0 radical (unpaired) electrons. The SMILES string of the molecule is Cc1cccc(C)c1NC(=O)c1cnc(Nc2ccc(N3CCN(C)CC3)c(F)c2)nc1Oc1cccc(OC(F)(F)F)c1. The van der Waals surface area contributed by atoms with Crippen molar-refractivity contribution in [2.45, 2.75) is 20.2 Å². The van der Waals surface area contributed by atoms with Gasteiger partial charge >= 0.3 is 6.36 Å². The van der Waals surface area contributed by atoms with Crippen LogP contribution in [0.2, 0.25) is 0 Å². The summed E-state index contributed by atoms with van der Waals surface area (Å²) in [4.78, 5) is 26.1. The number of para-hydroxylation sites is 1. The fourth-order valence-corrected chi connectivity index (χ4v) is 4.72. The Kier molecular flexibility index (Phi) is 8.86. The Morgan fingerprint density at radius 1 is 0.932 bits per heavy atom. The molecule has 0 spiro atoms. The van der Waals surface area contributed by atoms with Crippen LogP contribution in [0, 0.1) is 19.7 Å². The molecule has 1 amide bonds. The molecule has 2 N–H and O–H groups in total. The first-order chi connectivity index (χ1) is 20.9. The second-order valence-corrected chi connectivity index (χ2v) is 10.3. The monoisotopic (exact) mass is 610 g/mol. The molecule has 1 fully saturated rings. The Bertz CT molecular complexity index is 1640. The number of ether oxygens (including phenoxy) is 2. The molecule has 230 valence electrons. The van der Waals surface area contributed by atoms with E-state index in [0.29, 0.717) is 30.2 Å². The third-order valence-electron chi connectivity index (χ3n) is 7.02. The smallest absolute Gasteiger partial charge is 0.438 e. The number of carbonyl (C=O) groups excluding carboxylic acids is 1. The van der Waals surface area contributed by atoms with Crippen LogP contribution in [0.3, 0.4) is 0 Å². The number of hydrogen-bond donors (Lipinski definition) is 2. The fraction of sp³-hybridized carbons (Fsp3) is 0.258. The standard InChI is InChI=1S/C31H30F4N6O3/c1-19-6-4-7-20(2)27(19)38-28(42)24-18-36-30(39-29(24)43-22-8-5-9-23(17-22)44-31(33,34)35)37-21-10-11-26(25(32)16-21)41-14-12-40(3)13-15-41/h4-11,16-18H,12-15H2,1-3H3,(H,38,42)(H,36,37,39). The number of halogens is 4. The molecule has 0 bridgehead atoms. The minimum absolute atomic E-state index is 0.0296. The first-order valence-corrected chi connectivity index (χ1v) is 13.7. The molecule has 5 rings (SSSR count). The van der Waals surface area contributed by atoms with Gasteiger partial charge in [-0.15, -0.1) is 13.2 Å². The average molecular weight is 611 g/mol. The van der Waals surface area contributed by atoms with Gasteiger partial charge in [0, 0.05) is 49.8 Å². The van der Waals surface area contributed by atoms with Crippen LogP contribution < -0.4 is 25.0 Å². The Morgan fingerprint density at radius 2 is 1.61 bits per heavy atom. The van der Waals surface area contributed by atoms with Crippen molar-refractivity contribution in [3.05, 3.63) is 89.4 Å². The first-order valence-electron chi connectivity index (χ1n) is 13.7. The zero-order valence-electron chi connectivity index (χ0n) is 24.2. The molecule has 1 aliphatic heterocycles. The number of hydrogen-bond acceptors (Lipinski definition) is 8. The molecule has 13 heteroatoms. The van der Waals surface area contributed by atoms with Crippen LogP contribution in [-0.4, -0.2) is 60.4 Å².